The molecule has 0 aliphatic carbocycles. The van der Waals surface area contributed by atoms with E-state index in [0.717, 1.165) is 25.4 Å². The van der Waals surface area contributed by atoms with Crippen molar-refractivity contribution < 1.29 is 4.79 Å². The Balaban J connectivity index is 2.16. The molecule has 1 aliphatic heterocycles. The average Bonchev–Trinajstić information content (AvgIpc) is 2.11. The Morgan fingerprint density at radius 3 is 2.67 bits per heavy atom. The zero-order valence-electron chi connectivity index (χ0n) is 9.88. The van der Waals surface area contributed by atoms with Crippen LogP contribution in [0.3, 0.4) is 0 Å². The van der Waals surface area contributed by atoms with Gasteiger partial charge in [0.05, 0.1) is 0 Å². The maximum absolute atomic E-state index is 11.7. The van der Waals surface area contributed by atoms with Gasteiger partial charge in [-0.3, -0.25) is 4.79 Å². The molecule has 0 spiro atoms. The van der Waals surface area contributed by atoms with Gasteiger partial charge >= 0.3 is 0 Å². The molecule has 15 heavy (non-hydrogen) atoms. The summed E-state index contributed by atoms with van der Waals surface area (Å²) in [5.41, 5.74) is 0. The third-order valence-electron chi connectivity index (χ3n) is 3.01. The molecule has 0 aromatic heterocycles. The highest BCUT2D eigenvalue weighted by atomic mass is 32.2. The average molecular weight is 230 g/mol. The highest BCUT2D eigenvalue weighted by Gasteiger charge is 2.28. The van der Waals surface area contributed by atoms with E-state index >= 15 is 0 Å². The molecule has 0 aromatic carbocycles. The van der Waals surface area contributed by atoms with Crippen LogP contribution in [0, 0.1) is 17.8 Å². The standard InChI is InChI=1S/C11H22N2OS/c1-8(7-15-3)4-13-11(14)9(2)10-5-12-6-10/h8-10,12H,4-7H2,1-3H3,(H,13,14). The number of amides is 1. The fourth-order valence-electron chi connectivity index (χ4n) is 1.66. The highest BCUT2D eigenvalue weighted by Crippen LogP contribution is 2.15. The molecule has 1 saturated heterocycles. The summed E-state index contributed by atoms with van der Waals surface area (Å²) in [5, 5.41) is 6.23. The number of thioether (sulfide) groups is 1. The summed E-state index contributed by atoms with van der Waals surface area (Å²) in [5.74, 6) is 2.60. The van der Waals surface area contributed by atoms with Gasteiger partial charge in [-0.15, -0.1) is 0 Å². The second-order valence-corrected chi connectivity index (χ2v) is 5.42. The van der Waals surface area contributed by atoms with Gasteiger partial charge in [-0.25, -0.2) is 0 Å². The van der Waals surface area contributed by atoms with Crippen LogP contribution < -0.4 is 10.6 Å². The third kappa shape index (κ3) is 4.03. The molecule has 2 N–H and O–H groups in total. The summed E-state index contributed by atoms with van der Waals surface area (Å²) < 4.78 is 0. The summed E-state index contributed by atoms with van der Waals surface area (Å²) in [7, 11) is 0. The van der Waals surface area contributed by atoms with Crippen LogP contribution in [0.5, 0.6) is 0 Å². The maximum atomic E-state index is 11.7. The second-order valence-electron chi connectivity index (χ2n) is 4.51. The van der Waals surface area contributed by atoms with E-state index < -0.39 is 0 Å². The molecule has 4 heteroatoms. The van der Waals surface area contributed by atoms with Crippen LogP contribution in [0.1, 0.15) is 13.8 Å². The monoisotopic (exact) mass is 230 g/mol. The van der Waals surface area contributed by atoms with Crippen LogP contribution in [0.15, 0.2) is 0 Å². The lowest BCUT2D eigenvalue weighted by Gasteiger charge is -2.31. The van der Waals surface area contributed by atoms with Crippen molar-refractivity contribution in [2.45, 2.75) is 13.8 Å². The lowest BCUT2D eigenvalue weighted by Crippen LogP contribution is -2.50. The van der Waals surface area contributed by atoms with Crippen molar-refractivity contribution in [2.24, 2.45) is 17.8 Å². The summed E-state index contributed by atoms with van der Waals surface area (Å²) in [4.78, 5) is 11.7. The minimum atomic E-state index is 0.160. The predicted octanol–water partition coefficient (Wildman–Crippen LogP) is 0.957. The second kappa shape index (κ2) is 6.38. The normalized spacial score (nSPS) is 20.5. The number of nitrogens with one attached hydrogen (secondary N) is 2. The number of carbonyl (C=O) groups excluding carboxylic acids is 1. The Hall–Kier alpha value is -0.220. The van der Waals surface area contributed by atoms with Gasteiger partial charge in [0.2, 0.25) is 5.91 Å². The van der Waals surface area contributed by atoms with Gasteiger partial charge in [0.25, 0.3) is 0 Å². The number of carbonyl (C=O) groups is 1. The first-order valence-corrected chi connectivity index (χ1v) is 7.02. The quantitative estimate of drug-likeness (QED) is 0.714. The van der Waals surface area contributed by atoms with Gasteiger partial charge in [-0.2, -0.15) is 11.8 Å². The molecular weight excluding hydrogens is 208 g/mol. The van der Waals surface area contributed by atoms with Gasteiger partial charge < -0.3 is 10.6 Å². The van der Waals surface area contributed by atoms with Crippen LogP contribution >= 0.6 is 11.8 Å². The molecule has 2 atom stereocenters. The molecule has 2 unspecified atom stereocenters. The highest BCUT2D eigenvalue weighted by molar-refractivity contribution is 7.98. The molecule has 0 aromatic rings. The van der Waals surface area contributed by atoms with Crippen molar-refractivity contribution in [3.05, 3.63) is 0 Å². The van der Waals surface area contributed by atoms with E-state index in [-0.39, 0.29) is 11.8 Å². The van der Waals surface area contributed by atoms with E-state index in [1.54, 1.807) is 0 Å². The number of hydrogen-bond acceptors (Lipinski definition) is 3. The summed E-state index contributed by atoms with van der Waals surface area (Å²) in [6.45, 7) is 7.00. The third-order valence-corrected chi connectivity index (χ3v) is 3.91. The summed E-state index contributed by atoms with van der Waals surface area (Å²) >= 11 is 1.83. The topological polar surface area (TPSA) is 41.1 Å². The van der Waals surface area contributed by atoms with E-state index in [0.29, 0.717) is 11.8 Å². The zero-order valence-corrected chi connectivity index (χ0v) is 10.7. The van der Waals surface area contributed by atoms with Gasteiger partial charge in [0.1, 0.15) is 0 Å². The molecule has 0 bridgehead atoms. The van der Waals surface area contributed by atoms with Crippen molar-refractivity contribution in [1.82, 2.24) is 10.6 Å². The molecule has 1 amide bonds. The molecule has 1 heterocycles. The SMILES string of the molecule is CSCC(C)CNC(=O)C(C)C1CNC1. The summed E-state index contributed by atoms with van der Waals surface area (Å²) in [6.07, 6.45) is 2.10. The fraction of sp³-hybridized carbons (Fsp3) is 0.909. The zero-order chi connectivity index (χ0) is 11.3. The Labute approximate surface area is 96.8 Å². The van der Waals surface area contributed by atoms with E-state index in [2.05, 4.69) is 23.8 Å². The number of rotatable bonds is 6. The predicted molar refractivity (Wildman–Crippen MR) is 66.1 cm³/mol. The lowest BCUT2D eigenvalue weighted by atomic mass is 9.88. The minimum absolute atomic E-state index is 0.160. The van der Waals surface area contributed by atoms with Gasteiger partial charge in [0.15, 0.2) is 0 Å². The Morgan fingerprint density at radius 1 is 1.53 bits per heavy atom. The Bertz CT molecular complexity index is 207. The Kier molecular flexibility index (Phi) is 5.47. The first kappa shape index (κ1) is 12.8. The smallest absolute Gasteiger partial charge is 0.223 e. The van der Waals surface area contributed by atoms with Gasteiger partial charge in [-0.05, 0) is 36.9 Å². The lowest BCUT2D eigenvalue weighted by molar-refractivity contribution is -0.126. The molecule has 3 nitrogen and oxygen atoms in total. The first-order valence-electron chi connectivity index (χ1n) is 5.62. The van der Waals surface area contributed by atoms with Crippen LogP contribution in [0.2, 0.25) is 0 Å². The fourth-order valence-corrected chi connectivity index (χ4v) is 2.34. The molecular formula is C11H22N2OS. The molecule has 1 rings (SSSR count). The summed E-state index contributed by atoms with van der Waals surface area (Å²) in [6, 6.07) is 0. The van der Waals surface area contributed by atoms with E-state index in [1.807, 2.05) is 18.7 Å². The molecule has 1 aliphatic rings. The van der Waals surface area contributed by atoms with Gasteiger partial charge in [-0.1, -0.05) is 13.8 Å². The van der Waals surface area contributed by atoms with Crippen molar-refractivity contribution in [1.29, 1.82) is 0 Å². The minimum Gasteiger partial charge on any atom is -0.356 e. The van der Waals surface area contributed by atoms with Crippen molar-refractivity contribution in [3.8, 4) is 0 Å². The van der Waals surface area contributed by atoms with E-state index in [9.17, 15) is 4.79 Å². The van der Waals surface area contributed by atoms with Crippen LogP contribution in [-0.4, -0.2) is 37.6 Å². The van der Waals surface area contributed by atoms with Crippen molar-refractivity contribution in [3.63, 3.8) is 0 Å². The molecule has 1 fully saturated rings. The van der Waals surface area contributed by atoms with Crippen LogP contribution in [0.4, 0.5) is 0 Å². The van der Waals surface area contributed by atoms with E-state index in [4.69, 9.17) is 0 Å². The molecule has 0 radical (unpaired) electrons. The van der Waals surface area contributed by atoms with Crippen LogP contribution in [0.25, 0.3) is 0 Å². The maximum Gasteiger partial charge on any atom is 0.223 e. The van der Waals surface area contributed by atoms with E-state index in [1.165, 1.54) is 0 Å². The Morgan fingerprint density at radius 2 is 2.20 bits per heavy atom. The molecule has 88 valence electrons. The van der Waals surface area contributed by atoms with Crippen molar-refractivity contribution in [2.75, 3.05) is 31.6 Å². The first-order chi connectivity index (χ1) is 7.15. The van der Waals surface area contributed by atoms with Gasteiger partial charge in [0, 0.05) is 12.5 Å². The van der Waals surface area contributed by atoms with Crippen LogP contribution in [-0.2, 0) is 4.79 Å². The number of hydrogen-bond donors (Lipinski definition) is 2. The largest absolute Gasteiger partial charge is 0.356 e. The molecule has 0 saturated carbocycles. The van der Waals surface area contributed by atoms with Crippen molar-refractivity contribution >= 4 is 17.7 Å².